The molecule has 0 bridgehead atoms. The molecular formula is C17H17N3O3S. The number of rotatable bonds is 6. The van der Waals surface area contributed by atoms with Crippen LogP contribution in [-0.2, 0) is 28.9 Å². The number of nitrogens with two attached hydrogens (primary N) is 1. The van der Waals surface area contributed by atoms with Crippen molar-refractivity contribution in [1.29, 1.82) is 0 Å². The molecule has 0 fully saturated rings. The van der Waals surface area contributed by atoms with E-state index in [9.17, 15) is 9.59 Å². The molecule has 0 aliphatic rings. The Morgan fingerprint density at radius 3 is 2.92 bits per heavy atom. The Labute approximate surface area is 142 Å². The summed E-state index contributed by atoms with van der Waals surface area (Å²) in [5, 5.41) is 5.84. The van der Waals surface area contributed by atoms with E-state index in [1.807, 2.05) is 18.2 Å². The van der Waals surface area contributed by atoms with Crippen LogP contribution in [0.2, 0.25) is 0 Å². The number of carbonyl (C=O) groups excluding carboxylic acids is 2. The number of aromatic nitrogens is 1. The molecule has 3 rings (SSSR count). The van der Waals surface area contributed by atoms with Crippen LogP contribution in [0.5, 0.6) is 0 Å². The Morgan fingerprint density at radius 1 is 1.33 bits per heavy atom. The first kappa shape index (κ1) is 16.2. The maximum absolute atomic E-state index is 12.2. The molecule has 3 aromatic rings. The zero-order valence-electron chi connectivity index (χ0n) is 13.2. The summed E-state index contributed by atoms with van der Waals surface area (Å²) in [5.41, 5.74) is 8.50. The first-order valence-electron chi connectivity index (χ1n) is 7.56. The van der Waals surface area contributed by atoms with Gasteiger partial charge in [0.15, 0.2) is 5.13 Å². The number of hydrogen-bond acceptors (Lipinski definition) is 5. The Hall–Kier alpha value is -2.67. The lowest BCUT2D eigenvalue weighted by atomic mass is 10.1. The standard InChI is InChI=1S/C17H17N3O3S/c1-2-10-3-4-13-11(8-23-14(13)5-10)6-16(22)20-17-19-12(9-24-17)7-15(18)21/h3-5,8-9H,2,6-7H2,1H3,(H2,18,21)(H,19,20,22). The van der Waals surface area contributed by atoms with Crippen LogP contribution in [0.1, 0.15) is 23.7 Å². The number of primary amides is 1. The molecule has 124 valence electrons. The molecular weight excluding hydrogens is 326 g/mol. The van der Waals surface area contributed by atoms with Crippen LogP contribution in [0.4, 0.5) is 5.13 Å². The van der Waals surface area contributed by atoms with Gasteiger partial charge < -0.3 is 15.5 Å². The highest BCUT2D eigenvalue weighted by Crippen LogP contribution is 2.24. The van der Waals surface area contributed by atoms with E-state index in [-0.39, 0.29) is 18.7 Å². The van der Waals surface area contributed by atoms with Crippen molar-refractivity contribution in [3.63, 3.8) is 0 Å². The maximum atomic E-state index is 12.2. The zero-order valence-corrected chi connectivity index (χ0v) is 14.0. The second-order valence-electron chi connectivity index (χ2n) is 5.46. The fraction of sp³-hybridized carbons (Fsp3) is 0.235. The van der Waals surface area contributed by atoms with Crippen molar-refractivity contribution < 1.29 is 14.0 Å². The van der Waals surface area contributed by atoms with E-state index < -0.39 is 5.91 Å². The molecule has 6 nitrogen and oxygen atoms in total. The number of carbonyl (C=O) groups is 2. The van der Waals surface area contributed by atoms with E-state index in [1.54, 1.807) is 11.6 Å². The molecule has 2 heterocycles. The molecule has 7 heteroatoms. The molecule has 1 aromatic carbocycles. The number of anilines is 1. The van der Waals surface area contributed by atoms with Crippen molar-refractivity contribution in [3.8, 4) is 0 Å². The fourth-order valence-electron chi connectivity index (χ4n) is 2.44. The molecule has 3 N–H and O–H groups in total. The smallest absolute Gasteiger partial charge is 0.230 e. The van der Waals surface area contributed by atoms with Gasteiger partial charge in [0.25, 0.3) is 0 Å². The maximum Gasteiger partial charge on any atom is 0.230 e. The van der Waals surface area contributed by atoms with Crippen LogP contribution < -0.4 is 11.1 Å². The second kappa shape index (κ2) is 6.84. The average Bonchev–Trinajstić information content (AvgIpc) is 3.13. The molecule has 0 saturated heterocycles. The molecule has 0 aliphatic heterocycles. The number of nitrogens with zero attached hydrogens (tertiary/aromatic N) is 1. The summed E-state index contributed by atoms with van der Waals surface area (Å²) >= 11 is 1.27. The fourth-order valence-corrected chi connectivity index (χ4v) is 3.17. The third-order valence-electron chi connectivity index (χ3n) is 3.63. The van der Waals surface area contributed by atoms with Gasteiger partial charge in [-0.3, -0.25) is 9.59 Å². The molecule has 0 aliphatic carbocycles. The Kier molecular flexibility index (Phi) is 4.61. The lowest BCUT2D eigenvalue weighted by Crippen LogP contribution is -2.15. The minimum atomic E-state index is -0.450. The van der Waals surface area contributed by atoms with Crippen molar-refractivity contribution >= 4 is 39.3 Å². The van der Waals surface area contributed by atoms with Gasteiger partial charge in [-0.25, -0.2) is 4.98 Å². The van der Waals surface area contributed by atoms with Gasteiger partial charge in [-0.1, -0.05) is 19.1 Å². The molecule has 0 unspecified atom stereocenters. The summed E-state index contributed by atoms with van der Waals surface area (Å²) in [6.07, 6.45) is 2.82. The molecule has 0 saturated carbocycles. The summed E-state index contributed by atoms with van der Waals surface area (Å²) < 4.78 is 5.55. The van der Waals surface area contributed by atoms with E-state index in [4.69, 9.17) is 10.2 Å². The molecule has 24 heavy (non-hydrogen) atoms. The normalized spacial score (nSPS) is 10.9. The Morgan fingerprint density at radius 2 is 2.17 bits per heavy atom. The Bertz CT molecular complexity index is 898. The number of aryl methyl sites for hydroxylation is 1. The number of thiazole rings is 1. The number of benzene rings is 1. The number of amides is 2. The summed E-state index contributed by atoms with van der Waals surface area (Å²) in [6.45, 7) is 2.08. The third kappa shape index (κ3) is 3.62. The lowest BCUT2D eigenvalue weighted by Gasteiger charge is -2.01. The van der Waals surface area contributed by atoms with E-state index >= 15 is 0 Å². The van der Waals surface area contributed by atoms with Crippen LogP contribution in [0.25, 0.3) is 11.0 Å². The van der Waals surface area contributed by atoms with Crippen LogP contribution in [0.3, 0.4) is 0 Å². The largest absolute Gasteiger partial charge is 0.464 e. The van der Waals surface area contributed by atoms with E-state index in [2.05, 4.69) is 17.2 Å². The van der Waals surface area contributed by atoms with Gasteiger partial charge >= 0.3 is 0 Å². The number of fused-ring (bicyclic) bond motifs is 1. The lowest BCUT2D eigenvalue weighted by molar-refractivity contribution is -0.117. The predicted octanol–water partition coefficient (Wildman–Crippen LogP) is 2.66. The van der Waals surface area contributed by atoms with E-state index in [0.717, 1.165) is 23.0 Å². The van der Waals surface area contributed by atoms with E-state index in [1.165, 1.54) is 16.9 Å². The minimum Gasteiger partial charge on any atom is -0.464 e. The van der Waals surface area contributed by atoms with Crippen LogP contribution in [-0.4, -0.2) is 16.8 Å². The van der Waals surface area contributed by atoms with Crippen LogP contribution >= 0.6 is 11.3 Å². The topological polar surface area (TPSA) is 98.2 Å². The monoisotopic (exact) mass is 343 g/mol. The predicted molar refractivity (Wildman–Crippen MR) is 92.9 cm³/mol. The van der Waals surface area contributed by atoms with Crippen LogP contribution in [0.15, 0.2) is 34.3 Å². The first-order valence-corrected chi connectivity index (χ1v) is 8.44. The minimum absolute atomic E-state index is 0.0680. The van der Waals surface area contributed by atoms with Gasteiger partial charge in [0.1, 0.15) is 5.58 Å². The summed E-state index contributed by atoms with van der Waals surface area (Å²) in [5.74, 6) is -0.633. The molecule has 0 spiro atoms. The highest BCUT2D eigenvalue weighted by atomic mass is 32.1. The summed E-state index contributed by atoms with van der Waals surface area (Å²) in [4.78, 5) is 27.2. The molecule has 2 amide bonds. The van der Waals surface area contributed by atoms with Crippen molar-refractivity contribution in [3.05, 3.63) is 46.7 Å². The van der Waals surface area contributed by atoms with Gasteiger partial charge in [0.2, 0.25) is 11.8 Å². The highest BCUT2D eigenvalue weighted by molar-refractivity contribution is 7.13. The SMILES string of the molecule is CCc1ccc2c(CC(=O)Nc3nc(CC(N)=O)cs3)coc2c1. The van der Waals surface area contributed by atoms with Crippen molar-refractivity contribution in [2.75, 3.05) is 5.32 Å². The van der Waals surface area contributed by atoms with Gasteiger partial charge in [-0.05, 0) is 18.1 Å². The summed E-state index contributed by atoms with van der Waals surface area (Å²) in [6, 6.07) is 6.01. The van der Waals surface area contributed by atoms with Gasteiger partial charge in [-0.15, -0.1) is 11.3 Å². The van der Waals surface area contributed by atoms with E-state index in [0.29, 0.717) is 10.8 Å². The molecule has 0 atom stereocenters. The van der Waals surface area contributed by atoms with Gasteiger partial charge in [-0.2, -0.15) is 0 Å². The molecule has 2 aromatic heterocycles. The number of nitrogens with one attached hydrogen (secondary N) is 1. The average molecular weight is 343 g/mol. The van der Waals surface area contributed by atoms with Gasteiger partial charge in [0.05, 0.1) is 24.8 Å². The second-order valence-corrected chi connectivity index (χ2v) is 6.32. The quantitative estimate of drug-likeness (QED) is 0.719. The number of hydrogen-bond donors (Lipinski definition) is 2. The van der Waals surface area contributed by atoms with Crippen molar-refractivity contribution in [2.24, 2.45) is 5.73 Å². The zero-order chi connectivity index (χ0) is 17.1. The van der Waals surface area contributed by atoms with Crippen molar-refractivity contribution in [2.45, 2.75) is 26.2 Å². The van der Waals surface area contributed by atoms with Crippen molar-refractivity contribution in [1.82, 2.24) is 4.98 Å². The molecule has 0 radical (unpaired) electrons. The highest BCUT2D eigenvalue weighted by Gasteiger charge is 2.13. The Balaban J connectivity index is 1.68. The third-order valence-corrected chi connectivity index (χ3v) is 4.44. The number of furan rings is 1. The van der Waals surface area contributed by atoms with Gasteiger partial charge in [0, 0.05) is 16.3 Å². The van der Waals surface area contributed by atoms with Crippen LogP contribution in [0, 0.1) is 0 Å². The first-order chi connectivity index (χ1) is 11.5. The summed E-state index contributed by atoms with van der Waals surface area (Å²) in [7, 11) is 0.